The minimum atomic E-state index is -4.20. The minimum absolute atomic E-state index is 0.0700. The summed E-state index contributed by atoms with van der Waals surface area (Å²) in [7, 11) is -4.20. The largest absolute Gasteiger partial charge is 0.506 e. The second kappa shape index (κ2) is 5.14. The molecule has 19 heavy (non-hydrogen) atoms. The van der Waals surface area contributed by atoms with Crippen molar-refractivity contribution in [2.75, 3.05) is 4.72 Å². The Morgan fingerprint density at radius 1 is 1.32 bits per heavy atom. The first kappa shape index (κ1) is 13.8. The predicted molar refractivity (Wildman–Crippen MR) is 70.8 cm³/mol. The lowest BCUT2D eigenvalue weighted by atomic mass is 10.3. The van der Waals surface area contributed by atoms with Crippen LogP contribution in [0.5, 0.6) is 5.75 Å². The highest BCUT2D eigenvalue weighted by Crippen LogP contribution is 2.28. The lowest BCUT2D eigenvalue weighted by Crippen LogP contribution is -2.16. The number of anilines is 1. The molecule has 1 aromatic heterocycles. The molecule has 5 nitrogen and oxygen atoms in total. The van der Waals surface area contributed by atoms with Crippen LogP contribution in [0.3, 0.4) is 0 Å². The van der Waals surface area contributed by atoms with Gasteiger partial charge in [-0.25, -0.2) is 9.37 Å². The third-order valence-electron chi connectivity index (χ3n) is 2.18. The highest BCUT2D eigenvalue weighted by atomic mass is 79.9. The summed E-state index contributed by atoms with van der Waals surface area (Å²) in [5.41, 5.74) is -0.0700. The van der Waals surface area contributed by atoms with Crippen LogP contribution >= 0.6 is 15.9 Å². The fourth-order valence-corrected chi connectivity index (χ4v) is 2.79. The third kappa shape index (κ3) is 3.02. The van der Waals surface area contributed by atoms with Crippen molar-refractivity contribution < 1.29 is 17.9 Å². The summed E-state index contributed by atoms with van der Waals surface area (Å²) in [6, 6.07) is 6.46. The number of rotatable bonds is 3. The van der Waals surface area contributed by atoms with Gasteiger partial charge < -0.3 is 5.11 Å². The topological polar surface area (TPSA) is 79.3 Å². The summed E-state index contributed by atoms with van der Waals surface area (Å²) < 4.78 is 39.9. The number of benzene rings is 1. The van der Waals surface area contributed by atoms with Crippen molar-refractivity contribution in [3.05, 3.63) is 46.8 Å². The molecule has 0 amide bonds. The number of phenolic OH excluding ortho intramolecular Hbond substituents is 1. The van der Waals surface area contributed by atoms with Crippen LogP contribution in [0.4, 0.5) is 10.1 Å². The van der Waals surface area contributed by atoms with E-state index in [1.807, 2.05) is 0 Å². The highest BCUT2D eigenvalue weighted by Gasteiger charge is 2.21. The zero-order chi connectivity index (χ0) is 14.0. The van der Waals surface area contributed by atoms with Crippen LogP contribution in [0.1, 0.15) is 0 Å². The number of hydrogen-bond acceptors (Lipinski definition) is 4. The molecular formula is C11H8BrFN2O3S. The molecule has 0 aliphatic heterocycles. The Bertz CT molecular complexity index is 722. The summed E-state index contributed by atoms with van der Waals surface area (Å²) in [6.45, 7) is 0. The minimum Gasteiger partial charge on any atom is -0.506 e. The Hall–Kier alpha value is -1.67. The van der Waals surface area contributed by atoms with E-state index in [0.717, 1.165) is 6.07 Å². The third-order valence-corrected chi connectivity index (χ3v) is 3.97. The number of hydrogen-bond donors (Lipinski definition) is 2. The van der Waals surface area contributed by atoms with E-state index < -0.39 is 20.9 Å². The Kier molecular flexibility index (Phi) is 3.72. The van der Waals surface area contributed by atoms with E-state index in [9.17, 15) is 17.9 Å². The maximum atomic E-state index is 13.4. The fraction of sp³-hybridized carbons (Fsp3) is 0. The van der Waals surface area contributed by atoms with Gasteiger partial charge in [0.2, 0.25) is 5.03 Å². The fourth-order valence-electron chi connectivity index (χ4n) is 1.35. The summed E-state index contributed by atoms with van der Waals surface area (Å²) in [5, 5.41) is 8.83. The maximum Gasteiger partial charge on any atom is 0.282 e. The van der Waals surface area contributed by atoms with E-state index in [1.54, 1.807) is 0 Å². The first-order valence-corrected chi connectivity index (χ1v) is 7.29. The zero-order valence-corrected chi connectivity index (χ0v) is 11.7. The number of pyridine rings is 1. The van der Waals surface area contributed by atoms with Crippen molar-refractivity contribution in [1.29, 1.82) is 0 Å². The van der Waals surface area contributed by atoms with Crippen LogP contribution in [-0.2, 0) is 10.0 Å². The number of halogens is 2. The van der Waals surface area contributed by atoms with E-state index in [-0.39, 0.29) is 11.4 Å². The number of nitrogens with one attached hydrogen (secondary N) is 1. The lowest BCUT2D eigenvalue weighted by Gasteiger charge is -2.09. The van der Waals surface area contributed by atoms with Gasteiger partial charge in [-0.3, -0.25) is 4.72 Å². The smallest absolute Gasteiger partial charge is 0.282 e. The van der Waals surface area contributed by atoms with Crippen molar-refractivity contribution >= 4 is 31.6 Å². The monoisotopic (exact) mass is 346 g/mol. The number of aromatic hydroxyl groups is 1. The van der Waals surface area contributed by atoms with E-state index in [0.29, 0.717) is 4.47 Å². The molecule has 0 aliphatic carbocycles. The molecule has 0 unspecified atom stereocenters. The van der Waals surface area contributed by atoms with Gasteiger partial charge in [0.1, 0.15) is 5.75 Å². The molecule has 0 radical (unpaired) electrons. The van der Waals surface area contributed by atoms with Gasteiger partial charge in [0.15, 0.2) is 5.82 Å². The number of nitrogens with zero attached hydrogens (tertiary/aromatic N) is 1. The maximum absolute atomic E-state index is 13.4. The molecule has 2 aromatic rings. The molecule has 2 N–H and O–H groups in total. The molecule has 0 saturated carbocycles. The van der Waals surface area contributed by atoms with Crippen LogP contribution < -0.4 is 4.72 Å². The molecule has 0 aliphatic rings. The van der Waals surface area contributed by atoms with E-state index in [1.165, 1.54) is 30.5 Å². The SMILES string of the molecule is O=S(=O)(Nc1cc(Br)ccc1O)c1ncccc1F. The molecule has 0 spiro atoms. The molecule has 2 rings (SSSR count). The van der Waals surface area contributed by atoms with Crippen LogP contribution in [0, 0.1) is 5.82 Å². The molecular weight excluding hydrogens is 339 g/mol. The molecule has 1 heterocycles. The van der Waals surface area contributed by atoms with Crippen molar-refractivity contribution in [2.45, 2.75) is 5.03 Å². The first-order chi connectivity index (χ1) is 8.90. The van der Waals surface area contributed by atoms with Gasteiger partial charge in [0.25, 0.3) is 10.0 Å². The number of phenols is 1. The molecule has 0 saturated heterocycles. The Morgan fingerprint density at radius 2 is 2.05 bits per heavy atom. The van der Waals surface area contributed by atoms with Gasteiger partial charge in [0.05, 0.1) is 5.69 Å². The zero-order valence-electron chi connectivity index (χ0n) is 9.34. The Labute approximate surface area is 117 Å². The standard InChI is InChI=1S/C11H8BrFN2O3S/c12-7-3-4-10(16)9(6-7)15-19(17,18)11-8(13)2-1-5-14-11/h1-6,15-16H. The first-order valence-electron chi connectivity index (χ1n) is 5.02. The van der Waals surface area contributed by atoms with Gasteiger partial charge >= 0.3 is 0 Å². The molecule has 0 fully saturated rings. The highest BCUT2D eigenvalue weighted by molar-refractivity contribution is 9.10. The van der Waals surface area contributed by atoms with Gasteiger partial charge in [0, 0.05) is 10.7 Å². The van der Waals surface area contributed by atoms with Gasteiger partial charge in [-0.05, 0) is 30.3 Å². The Balaban J connectivity index is 2.43. The summed E-state index contributed by atoms with van der Waals surface area (Å²) >= 11 is 3.14. The number of aromatic nitrogens is 1. The molecule has 1 aromatic carbocycles. The summed E-state index contributed by atoms with van der Waals surface area (Å²) in [5.74, 6) is -1.24. The Morgan fingerprint density at radius 3 is 2.74 bits per heavy atom. The van der Waals surface area contributed by atoms with E-state index >= 15 is 0 Å². The van der Waals surface area contributed by atoms with Gasteiger partial charge in [-0.2, -0.15) is 8.42 Å². The van der Waals surface area contributed by atoms with E-state index in [2.05, 4.69) is 25.6 Å². The molecule has 0 bridgehead atoms. The van der Waals surface area contributed by atoms with Crippen molar-refractivity contribution in [3.63, 3.8) is 0 Å². The average molecular weight is 347 g/mol. The van der Waals surface area contributed by atoms with Gasteiger partial charge in [-0.1, -0.05) is 15.9 Å². The van der Waals surface area contributed by atoms with Crippen molar-refractivity contribution in [2.24, 2.45) is 0 Å². The van der Waals surface area contributed by atoms with Crippen molar-refractivity contribution in [3.8, 4) is 5.75 Å². The predicted octanol–water partition coefficient (Wildman–Crippen LogP) is 2.49. The lowest BCUT2D eigenvalue weighted by molar-refractivity contribution is 0.477. The second-order valence-corrected chi connectivity index (χ2v) is 6.07. The van der Waals surface area contributed by atoms with Crippen LogP contribution in [0.25, 0.3) is 0 Å². The normalized spacial score (nSPS) is 11.3. The van der Waals surface area contributed by atoms with Crippen molar-refractivity contribution in [1.82, 2.24) is 4.98 Å². The molecule has 100 valence electrons. The average Bonchev–Trinajstić information content (AvgIpc) is 2.34. The summed E-state index contributed by atoms with van der Waals surface area (Å²) in [6.07, 6.45) is 1.17. The molecule has 8 heteroatoms. The number of sulfonamides is 1. The summed E-state index contributed by atoms with van der Waals surface area (Å²) in [4.78, 5) is 3.48. The van der Waals surface area contributed by atoms with Crippen LogP contribution in [-0.4, -0.2) is 18.5 Å². The van der Waals surface area contributed by atoms with Crippen LogP contribution in [0.2, 0.25) is 0 Å². The molecule has 0 atom stereocenters. The quantitative estimate of drug-likeness (QED) is 0.836. The second-order valence-electron chi connectivity index (χ2n) is 3.56. The van der Waals surface area contributed by atoms with Gasteiger partial charge in [-0.15, -0.1) is 0 Å². The van der Waals surface area contributed by atoms with E-state index in [4.69, 9.17) is 0 Å². The van der Waals surface area contributed by atoms with Crippen LogP contribution in [0.15, 0.2) is 46.0 Å².